The topological polar surface area (TPSA) is 67.6 Å². The Kier molecular flexibility index (Phi) is 2.72. The monoisotopic (exact) mass is 292 g/mol. The van der Waals surface area contributed by atoms with Crippen molar-refractivity contribution >= 4 is 27.9 Å². The molecule has 0 saturated carbocycles. The van der Waals surface area contributed by atoms with Gasteiger partial charge in [0.1, 0.15) is 10.8 Å². The summed E-state index contributed by atoms with van der Waals surface area (Å²) in [5.74, 6) is 0.550. The number of nitrogens with two attached hydrogens (primary N) is 1. The number of nitrogen functional groups attached to an aromatic ring is 1. The maximum atomic E-state index is 5.86. The Bertz CT molecular complexity index is 917. The van der Waals surface area contributed by atoms with Gasteiger partial charge in [0, 0.05) is 10.9 Å². The molecule has 0 atom stereocenters. The summed E-state index contributed by atoms with van der Waals surface area (Å²) in [7, 11) is 0. The number of hydrogen-bond donors (Lipinski definition) is 2. The summed E-state index contributed by atoms with van der Waals surface area (Å²) >= 11 is 1.57. The Morgan fingerprint density at radius 3 is 2.71 bits per heavy atom. The molecule has 21 heavy (non-hydrogen) atoms. The van der Waals surface area contributed by atoms with Gasteiger partial charge in [-0.3, -0.25) is 5.10 Å². The van der Waals surface area contributed by atoms with E-state index in [1.807, 2.05) is 12.1 Å². The van der Waals surface area contributed by atoms with Crippen molar-refractivity contribution in [3.8, 4) is 21.8 Å². The van der Waals surface area contributed by atoms with Gasteiger partial charge in [0.15, 0.2) is 0 Å². The molecular formula is C16H12N4S. The van der Waals surface area contributed by atoms with Gasteiger partial charge < -0.3 is 5.73 Å². The van der Waals surface area contributed by atoms with Gasteiger partial charge in [0.2, 0.25) is 0 Å². The molecule has 0 unspecified atom stereocenters. The van der Waals surface area contributed by atoms with E-state index in [9.17, 15) is 0 Å². The molecule has 0 bridgehead atoms. The van der Waals surface area contributed by atoms with Gasteiger partial charge in [0.05, 0.1) is 17.5 Å². The Balaban J connectivity index is 1.87. The highest BCUT2D eigenvalue weighted by Gasteiger charge is 2.12. The first-order valence-corrected chi connectivity index (χ1v) is 7.44. The van der Waals surface area contributed by atoms with E-state index in [1.165, 1.54) is 10.8 Å². The molecule has 0 spiro atoms. The van der Waals surface area contributed by atoms with E-state index in [1.54, 1.807) is 17.5 Å². The summed E-state index contributed by atoms with van der Waals surface area (Å²) in [5, 5.41) is 12.0. The standard InChI is InChI=1S/C16H12N4S/c17-15-13(8-18-20-15)16-19-14(9-21-16)12-7-3-5-10-4-1-2-6-11(10)12/h1-9H,(H3,17,18,20). The third kappa shape index (κ3) is 1.98. The molecule has 3 N–H and O–H groups in total. The van der Waals surface area contributed by atoms with Crippen LogP contribution in [0.4, 0.5) is 5.82 Å². The molecular weight excluding hydrogens is 280 g/mol. The van der Waals surface area contributed by atoms with Crippen molar-refractivity contribution in [3.05, 3.63) is 54.0 Å². The predicted octanol–water partition coefficient (Wildman–Crippen LogP) is 3.94. The molecule has 0 radical (unpaired) electrons. The molecule has 2 aromatic heterocycles. The minimum absolute atomic E-state index is 0.550. The molecule has 4 aromatic rings. The second-order valence-electron chi connectivity index (χ2n) is 4.76. The van der Waals surface area contributed by atoms with Crippen molar-refractivity contribution in [3.63, 3.8) is 0 Å². The van der Waals surface area contributed by atoms with Gasteiger partial charge in [-0.15, -0.1) is 11.3 Å². The predicted molar refractivity (Wildman–Crippen MR) is 87.1 cm³/mol. The highest BCUT2D eigenvalue weighted by molar-refractivity contribution is 7.13. The van der Waals surface area contributed by atoms with Crippen LogP contribution in [-0.4, -0.2) is 15.2 Å². The van der Waals surface area contributed by atoms with Gasteiger partial charge in [-0.2, -0.15) is 5.10 Å². The molecule has 0 saturated heterocycles. The van der Waals surface area contributed by atoms with Gasteiger partial charge >= 0.3 is 0 Å². The Morgan fingerprint density at radius 2 is 1.86 bits per heavy atom. The van der Waals surface area contributed by atoms with Crippen molar-refractivity contribution < 1.29 is 0 Å². The van der Waals surface area contributed by atoms with Crippen LogP contribution < -0.4 is 5.73 Å². The summed E-state index contributed by atoms with van der Waals surface area (Å²) in [6.45, 7) is 0. The van der Waals surface area contributed by atoms with E-state index >= 15 is 0 Å². The van der Waals surface area contributed by atoms with Crippen LogP contribution in [-0.2, 0) is 0 Å². The average Bonchev–Trinajstić information content (AvgIpc) is 3.15. The van der Waals surface area contributed by atoms with Crippen molar-refractivity contribution in [2.45, 2.75) is 0 Å². The summed E-state index contributed by atoms with van der Waals surface area (Å²) in [5.41, 5.74) is 8.81. The fourth-order valence-corrected chi connectivity index (χ4v) is 3.28. The maximum absolute atomic E-state index is 5.86. The first kappa shape index (κ1) is 12.1. The largest absolute Gasteiger partial charge is 0.383 e. The number of rotatable bonds is 2. The van der Waals surface area contributed by atoms with Crippen molar-refractivity contribution in [1.29, 1.82) is 0 Å². The highest BCUT2D eigenvalue weighted by Crippen LogP contribution is 2.34. The van der Waals surface area contributed by atoms with E-state index < -0.39 is 0 Å². The normalized spacial score (nSPS) is 11.0. The van der Waals surface area contributed by atoms with Gasteiger partial charge in [-0.1, -0.05) is 42.5 Å². The van der Waals surface area contributed by atoms with Crippen LogP contribution in [0.15, 0.2) is 54.0 Å². The van der Waals surface area contributed by atoms with E-state index in [0.29, 0.717) is 5.82 Å². The lowest BCUT2D eigenvalue weighted by molar-refractivity contribution is 1.10. The minimum atomic E-state index is 0.550. The van der Waals surface area contributed by atoms with E-state index in [-0.39, 0.29) is 0 Å². The Hall–Kier alpha value is -2.66. The second-order valence-corrected chi connectivity index (χ2v) is 5.62. The molecule has 2 heterocycles. The zero-order chi connectivity index (χ0) is 14.2. The van der Waals surface area contributed by atoms with Crippen molar-refractivity contribution in [2.75, 3.05) is 5.73 Å². The zero-order valence-electron chi connectivity index (χ0n) is 11.1. The number of fused-ring (bicyclic) bond motifs is 1. The third-order valence-corrected chi connectivity index (χ3v) is 4.34. The number of hydrogen-bond acceptors (Lipinski definition) is 4. The van der Waals surface area contributed by atoms with E-state index in [2.05, 4.69) is 45.9 Å². The number of thiazole rings is 1. The lowest BCUT2D eigenvalue weighted by atomic mass is 10.0. The summed E-state index contributed by atoms with van der Waals surface area (Å²) in [6.07, 6.45) is 1.71. The van der Waals surface area contributed by atoms with Crippen LogP contribution >= 0.6 is 11.3 Å². The SMILES string of the molecule is Nc1[nH]ncc1-c1nc(-c2cccc3ccccc23)cs1. The molecule has 4 nitrogen and oxygen atoms in total. The summed E-state index contributed by atoms with van der Waals surface area (Å²) in [4.78, 5) is 4.71. The first-order chi connectivity index (χ1) is 10.3. The molecule has 4 rings (SSSR count). The van der Waals surface area contributed by atoms with Crippen molar-refractivity contribution in [2.24, 2.45) is 0 Å². The number of nitrogens with one attached hydrogen (secondary N) is 1. The van der Waals surface area contributed by atoms with E-state index in [0.717, 1.165) is 21.8 Å². The quantitative estimate of drug-likeness (QED) is 0.588. The van der Waals surface area contributed by atoms with Gasteiger partial charge in [0.25, 0.3) is 0 Å². The second kappa shape index (κ2) is 4.71. The summed E-state index contributed by atoms with van der Waals surface area (Å²) < 4.78 is 0. The molecule has 102 valence electrons. The van der Waals surface area contributed by atoms with Crippen LogP contribution in [0.5, 0.6) is 0 Å². The number of aromatic amines is 1. The molecule has 0 aliphatic carbocycles. The van der Waals surface area contributed by atoms with Crippen LogP contribution in [0, 0.1) is 0 Å². The van der Waals surface area contributed by atoms with Crippen LogP contribution in [0.2, 0.25) is 0 Å². The fraction of sp³-hybridized carbons (Fsp3) is 0. The summed E-state index contributed by atoms with van der Waals surface area (Å²) in [6, 6.07) is 14.6. The molecule has 0 amide bonds. The number of H-pyrrole nitrogens is 1. The molecule has 2 aromatic carbocycles. The fourth-order valence-electron chi connectivity index (χ4n) is 2.44. The Morgan fingerprint density at radius 1 is 1.00 bits per heavy atom. The lowest BCUT2D eigenvalue weighted by Gasteiger charge is -2.03. The van der Waals surface area contributed by atoms with Crippen molar-refractivity contribution in [1.82, 2.24) is 15.2 Å². The van der Waals surface area contributed by atoms with Crippen LogP contribution in [0.25, 0.3) is 32.6 Å². The molecule has 5 heteroatoms. The zero-order valence-corrected chi connectivity index (χ0v) is 11.9. The number of nitrogens with zero attached hydrogens (tertiary/aromatic N) is 2. The highest BCUT2D eigenvalue weighted by atomic mass is 32.1. The van der Waals surface area contributed by atoms with E-state index in [4.69, 9.17) is 10.7 Å². The smallest absolute Gasteiger partial charge is 0.129 e. The van der Waals surface area contributed by atoms with Crippen LogP contribution in [0.3, 0.4) is 0 Å². The van der Waals surface area contributed by atoms with Gasteiger partial charge in [-0.25, -0.2) is 4.98 Å². The Labute approximate surface area is 125 Å². The van der Waals surface area contributed by atoms with Crippen LogP contribution in [0.1, 0.15) is 0 Å². The molecule has 0 aliphatic rings. The molecule has 0 aliphatic heterocycles. The first-order valence-electron chi connectivity index (χ1n) is 6.56. The number of anilines is 1. The maximum Gasteiger partial charge on any atom is 0.129 e. The average molecular weight is 292 g/mol. The lowest BCUT2D eigenvalue weighted by Crippen LogP contribution is -1.87. The number of aromatic nitrogens is 3. The third-order valence-electron chi connectivity index (χ3n) is 3.47. The minimum Gasteiger partial charge on any atom is -0.383 e. The molecule has 0 fully saturated rings. The van der Waals surface area contributed by atoms with Gasteiger partial charge in [-0.05, 0) is 10.8 Å². The number of benzene rings is 2.